The molecule has 1 fully saturated rings. The van der Waals surface area contributed by atoms with Gasteiger partial charge in [-0.2, -0.15) is 0 Å². The molecule has 1 aromatic rings. The van der Waals surface area contributed by atoms with Crippen LogP contribution in [-0.2, 0) is 11.3 Å². The molecule has 1 aliphatic heterocycles. The molecule has 90 valence electrons. The number of hydrogen-bond acceptors (Lipinski definition) is 5. The van der Waals surface area contributed by atoms with Gasteiger partial charge in [-0.1, -0.05) is 0 Å². The van der Waals surface area contributed by atoms with E-state index in [2.05, 4.69) is 10.2 Å². The van der Waals surface area contributed by atoms with Gasteiger partial charge in [-0.05, 0) is 11.4 Å². The Morgan fingerprint density at radius 3 is 2.94 bits per heavy atom. The minimum Gasteiger partial charge on any atom is -0.398 e. The zero-order valence-electron chi connectivity index (χ0n) is 9.45. The second-order valence-electron chi connectivity index (χ2n) is 3.93. The monoisotopic (exact) mass is 241 g/mol. The Balaban J connectivity index is 1.59. The Morgan fingerprint density at radius 2 is 2.25 bits per heavy atom. The quantitative estimate of drug-likeness (QED) is 0.747. The molecule has 0 aromatic carbocycles. The average molecular weight is 241 g/mol. The van der Waals surface area contributed by atoms with E-state index in [-0.39, 0.29) is 0 Å². The SMILES string of the molecule is Nc1ccsc1CNCCN1CCOCC1. The summed E-state index contributed by atoms with van der Waals surface area (Å²) in [7, 11) is 0. The predicted octanol–water partition coefficient (Wildman–Crippen LogP) is 0.752. The molecule has 0 saturated carbocycles. The lowest BCUT2D eigenvalue weighted by atomic mass is 10.4. The molecule has 3 N–H and O–H groups in total. The number of morpholine rings is 1. The maximum absolute atomic E-state index is 5.81. The molecule has 2 rings (SSSR count). The van der Waals surface area contributed by atoms with Gasteiger partial charge in [-0.15, -0.1) is 11.3 Å². The van der Waals surface area contributed by atoms with Crippen molar-refractivity contribution < 1.29 is 4.74 Å². The van der Waals surface area contributed by atoms with E-state index in [1.807, 2.05) is 11.4 Å². The minimum absolute atomic E-state index is 0.873. The number of nitrogen functional groups attached to an aromatic ring is 1. The van der Waals surface area contributed by atoms with Crippen LogP contribution in [0.3, 0.4) is 0 Å². The van der Waals surface area contributed by atoms with E-state index in [0.29, 0.717) is 0 Å². The number of thiophene rings is 1. The van der Waals surface area contributed by atoms with Crippen LogP contribution in [0.15, 0.2) is 11.4 Å². The molecule has 0 amide bonds. The van der Waals surface area contributed by atoms with Crippen LogP contribution in [0, 0.1) is 0 Å². The summed E-state index contributed by atoms with van der Waals surface area (Å²) >= 11 is 1.71. The van der Waals surface area contributed by atoms with Gasteiger partial charge >= 0.3 is 0 Å². The molecule has 0 atom stereocenters. The summed E-state index contributed by atoms with van der Waals surface area (Å²) in [6.07, 6.45) is 0. The maximum atomic E-state index is 5.81. The summed E-state index contributed by atoms with van der Waals surface area (Å²) in [5.74, 6) is 0. The van der Waals surface area contributed by atoms with E-state index >= 15 is 0 Å². The highest BCUT2D eigenvalue weighted by Crippen LogP contribution is 2.17. The molecule has 1 saturated heterocycles. The van der Waals surface area contributed by atoms with Gasteiger partial charge in [-0.3, -0.25) is 4.90 Å². The number of anilines is 1. The third-order valence-corrected chi connectivity index (χ3v) is 3.71. The molecule has 0 radical (unpaired) electrons. The molecule has 2 heterocycles. The highest BCUT2D eigenvalue weighted by Gasteiger charge is 2.09. The first kappa shape index (κ1) is 11.9. The van der Waals surface area contributed by atoms with Gasteiger partial charge in [-0.25, -0.2) is 0 Å². The van der Waals surface area contributed by atoms with Crippen LogP contribution >= 0.6 is 11.3 Å². The molecule has 4 nitrogen and oxygen atoms in total. The van der Waals surface area contributed by atoms with Crippen molar-refractivity contribution in [2.45, 2.75) is 6.54 Å². The number of hydrogen-bond donors (Lipinski definition) is 2. The lowest BCUT2D eigenvalue weighted by Gasteiger charge is -2.26. The maximum Gasteiger partial charge on any atom is 0.0594 e. The van der Waals surface area contributed by atoms with Crippen molar-refractivity contribution in [1.29, 1.82) is 0 Å². The predicted molar refractivity (Wildman–Crippen MR) is 67.7 cm³/mol. The summed E-state index contributed by atoms with van der Waals surface area (Å²) in [6.45, 7) is 6.85. The Labute approximate surface area is 100 Å². The highest BCUT2D eigenvalue weighted by molar-refractivity contribution is 7.10. The van der Waals surface area contributed by atoms with Crippen LogP contribution in [0.25, 0.3) is 0 Å². The van der Waals surface area contributed by atoms with Crippen LogP contribution in [0.2, 0.25) is 0 Å². The van der Waals surface area contributed by atoms with Crippen LogP contribution in [-0.4, -0.2) is 44.3 Å². The Morgan fingerprint density at radius 1 is 1.44 bits per heavy atom. The van der Waals surface area contributed by atoms with Gasteiger partial charge in [0.1, 0.15) is 0 Å². The van der Waals surface area contributed by atoms with Gasteiger partial charge in [0.25, 0.3) is 0 Å². The summed E-state index contributed by atoms with van der Waals surface area (Å²) in [5, 5.41) is 5.46. The molecule has 0 unspecified atom stereocenters. The molecule has 0 aliphatic carbocycles. The molecular weight excluding hydrogens is 222 g/mol. The molecular formula is C11H19N3OS. The molecule has 1 aliphatic rings. The van der Waals surface area contributed by atoms with Crippen molar-refractivity contribution in [2.75, 3.05) is 45.1 Å². The van der Waals surface area contributed by atoms with Crippen LogP contribution < -0.4 is 11.1 Å². The van der Waals surface area contributed by atoms with E-state index in [9.17, 15) is 0 Å². The lowest BCUT2D eigenvalue weighted by molar-refractivity contribution is 0.0384. The number of nitrogens with two attached hydrogens (primary N) is 1. The number of nitrogens with zero attached hydrogens (tertiary/aromatic N) is 1. The summed E-state index contributed by atoms with van der Waals surface area (Å²) in [5.41, 5.74) is 6.72. The van der Waals surface area contributed by atoms with Crippen molar-refractivity contribution in [2.24, 2.45) is 0 Å². The minimum atomic E-state index is 0.873. The fourth-order valence-corrected chi connectivity index (χ4v) is 2.53. The third-order valence-electron chi connectivity index (χ3n) is 2.77. The second kappa shape index (κ2) is 6.20. The molecule has 0 spiro atoms. The van der Waals surface area contributed by atoms with Crippen molar-refractivity contribution in [3.8, 4) is 0 Å². The Hall–Kier alpha value is -0.620. The number of nitrogens with one attached hydrogen (secondary N) is 1. The van der Waals surface area contributed by atoms with Gasteiger partial charge < -0.3 is 15.8 Å². The van der Waals surface area contributed by atoms with Crippen LogP contribution in [0.1, 0.15) is 4.88 Å². The fourth-order valence-electron chi connectivity index (χ4n) is 1.76. The first-order valence-electron chi connectivity index (χ1n) is 5.69. The molecule has 16 heavy (non-hydrogen) atoms. The third kappa shape index (κ3) is 3.45. The normalized spacial score (nSPS) is 17.8. The Kier molecular flexibility index (Phi) is 4.59. The number of rotatable bonds is 5. The Bertz CT molecular complexity index is 310. The average Bonchev–Trinajstić information content (AvgIpc) is 2.72. The zero-order chi connectivity index (χ0) is 11.2. The first-order chi connectivity index (χ1) is 7.86. The topological polar surface area (TPSA) is 50.5 Å². The van der Waals surface area contributed by atoms with Crippen molar-refractivity contribution in [3.05, 3.63) is 16.3 Å². The van der Waals surface area contributed by atoms with Gasteiger partial charge in [0.15, 0.2) is 0 Å². The van der Waals surface area contributed by atoms with E-state index in [1.54, 1.807) is 11.3 Å². The smallest absolute Gasteiger partial charge is 0.0594 e. The largest absolute Gasteiger partial charge is 0.398 e. The zero-order valence-corrected chi connectivity index (χ0v) is 10.3. The molecule has 0 bridgehead atoms. The summed E-state index contributed by atoms with van der Waals surface area (Å²) in [6, 6.07) is 1.96. The van der Waals surface area contributed by atoms with Gasteiger partial charge in [0.05, 0.1) is 13.2 Å². The van der Waals surface area contributed by atoms with E-state index in [0.717, 1.165) is 51.6 Å². The van der Waals surface area contributed by atoms with E-state index < -0.39 is 0 Å². The van der Waals surface area contributed by atoms with E-state index in [1.165, 1.54) is 4.88 Å². The van der Waals surface area contributed by atoms with Crippen molar-refractivity contribution >= 4 is 17.0 Å². The second-order valence-corrected chi connectivity index (χ2v) is 4.93. The van der Waals surface area contributed by atoms with Gasteiger partial charge in [0.2, 0.25) is 0 Å². The number of ether oxygens (including phenoxy) is 1. The standard InChI is InChI=1S/C11H19N3OS/c12-10-1-8-16-11(10)9-13-2-3-14-4-6-15-7-5-14/h1,8,13H,2-7,9,12H2. The first-order valence-corrected chi connectivity index (χ1v) is 6.57. The van der Waals surface area contributed by atoms with Gasteiger partial charge in [0, 0.05) is 43.3 Å². The van der Waals surface area contributed by atoms with Crippen LogP contribution in [0.4, 0.5) is 5.69 Å². The fraction of sp³-hybridized carbons (Fsp3) is 0.636. The lowest BCUT2D eigenvalue weighted by Crippen LogP contribution is -2.40. The summed E-state index contributed by atoms with van der Waals surface area (Å²) in [4.78, 5) is 3.66. The molecule has 5 heteroatoms. The summed E-state index contributed by atoms with van der Waals surface area (Å²) < 4.78 is 5.30. The molecule has 1 aromatic heterocycles. The highest BCUT2D eigenvalue weighted by atomic mass is 32.1. The van der Waals surface area contributed by atoms with Crippen LogP contribution in [0.5, 0.6) is 0 Å². The van der Waals surface area contributed by atoms with Crippen molar-refractivity contribution in [3.63, 3.8) is 0 Å². The van der Waals surface area contributed by atoms with E-state index in [4.69, 9.17) is 10.5 Å². The van der Waals surface area contributed by atoms with Crippen molar-refractivity contribution in [1.82, 2.24) is 10.2 Å².